The van der Waals surface area contributed by atoms with Crippen molar-refractivity contribution in [3.8, 4) is 0 Å². The van der Waals surface area contributed by atoms with Gasteiger partial charge in [-0.3, -0.25) is 4.79 Å². The van der Waals surface area contributed by atoms with Crippen LogP contribution >= 0.6 is 0 Å². The first-order chi connectivity index (χ1) is 5.29. The summed E-state index contributed by atoms with van der Waals surface area (Å²) < 4.78 is 0. The van der Waals surface area contributed by atoms with Crippen LogP contribution in [0.15, 0.2) is 18.3 Å². The van der Waals surface area contributed by atoms with Crippen molar-refractivity contribution in [3.05, 3.63) is 18.3 Å². The molecule has 0 aliphatic heterocycles. The standard InChI is InChI=1S/C7H10N2O2/c10-7(11)3-5-9-6-2-1-4-8-6/h1-2,4,8-9H,3,5H2,(H,10,11). The van der Waals surface area contributed by atoms with E-state index in [1.807, 2.05) is 12.1 Å². The van der Waals surface area contributed by atoms with Crippen molar-refractivity contribution in [2.75, 3.05) is 11.9 Å². The number of aromatic amines is 1. The summed E-state index contributed by atoms with van der Waals surface area (Å²) in [6.07, 6.45) is 1.92. The number of anilines is 1. The Labute approximate surface area is 64.2 Å². The van der Waals surface area contributed by atoms with Crippen LogP contribution in [0, 0.1) is 0 Å². The first-order valence-electron chi connectivity index (χ1n) is 3.38. The number of carboxylic acids is 1. The monoisotopic (exact) mass is 154 g/mol. The van der Waals surface area contributed by atoms with Gasteiger partial charge < -0.3 is 15.4 Å². The van der Waals surface area contributed by atoms with E-state index < -0.39 is 5.97 Å². The minimum Gasteiger partial charge on any atom is -0.481 e. The molecule has 1 rings (SSSR count). The zero-order valence-electron chi connectivity index (χ0n) is 6.00. The number of hydrogen-bond donors (Lipinski definition) is 3. The van der Waals surface area contributed by atoms with Crippen molar-refractivity contribution in [1.29, 1.82) is 0 Å². The maximum Gasteiger partial charge on any atom is 0.305 e. The zero-order valence-corrected chi connectivity index (χ0v) is 6.00. The number of aromatic nitrogens is 1. The number of aliphatic carboxylic acids is 1. The molecule has 0 atom stereocenters. The lowest BCUT2D eigenvalue weighted by Gasteiger charge is -1.99. The van der Waals surface area contributed by atoms with E-state index in [1.165, 1.54) is 0 Å². The predicted molar refractivity (Wildman–Crippen MR) is 41.5 cm³/mol. The maximum atomic E-state index is 10.1. The third kappa shape index (κ3) is 2.75. The molecular formula is C7H10N2O2. The van der Waals surface area contributed by atoms with E-state index in [2.05, 4.69) is 10.3 Å². The van der Waals surface area contributed by atoms with Gasteiger partial charge in [0.1, 0.15) is 5.82 Å². The third-order valence-corrected chi connectivity index (χ3v) is 1.25. The summed E-state index contributed by atoms with van der Waals surface area (Å²) in [7, 11) is 0. The van der Waals surface area contributed by atoms with Gasteiger partial charge in [0.15, 0.2) is 0 Å². The number of carboxylic acid groups (broad SMARTS) is 1. The van der Waals surface area contributed by atoms with Crippen molar-refractivity contribution >= 4 is 11.8 Å². The highest BCUT2D eigenvalue weighted by Gasteiger charge is 1.95. The molecule has 0 aromatic carbocycles. The molecule has 0 unspecified atom stereocenters. The average Bonchev–Trinajstić information content (AvgIpc) is 2.39. The first kappa shape index (κ1) is 7.65. The number of rotatable bonds is 4. The van der Waals surface area contributed by atoms with Gasteiger partial charge >= 0.3 is 5.97 Å². The second-order valence-electron chi connectivity index (χ2n) is 2.15. The van der Waals surface area contributed by atoms with Gasteiger partial charge in [0.05, 0.1) is 6.42 Å². The quantitative estimate of drug-likeness (QED) is 0.603. The molecule has 1 aromatic rings. The molecule has 11 heavy (non-hydrogen) atoms. The minimum absolute atomic E-state index is 0.138. The number of H-pyrrole nitrogens is 1. The second kappa shape index (κ2) is 3.65. The summed E-state index contributed by atoms with van der Waals surface area (Å²) in [5, 5.41) is 11.2. The van der Waals surface area contributed by atoms with Gasteiger partial charge in [0.2, 0.25) is 0 Å². The van der Waals surface area contributed by atoms with E-state index in [9.17, 15) is 4.79 Å². The first-order valence-corrected chi connectivity index (χ1v) is 3.38. The number of carbonyl (C=O) groups is 1. The molecule has 0 spiro atoms. The van der Waals surface area contributed by atoms with Crippen LogP contribution in [0.5, 0.6) is 0 Å². The van der Waals surface area contributed by atoms with Gasteiger partial charge in [0.25, 0.3) is 0 Å². The smallest absolute Gasteiger partial charge is 0.305 e. The molecule has 0 aliphatic carbocycles. The second-order valence-corrected chi connectivity index (χ2v) is 2.15. The molecular weight excluding hydrogens is 144 g/mol. The summed E-state index contributed by atoms with van der Waals surface area (Å²) in [5.74, 6) is 0.0651. The SMILES string of the molecule is O=C(O)CCNc1ccc[nH]1. The molecule has 0 saturated heterocycles. The summed E-state index contributed by atoms with van der Waals surface area (Å²) in [6.45, 7) is 0.454. The van der Waals surface area contributed by atoms with Gasteiger partial charge in [-0.1, -0.05) is 0 Å². The Morgan fingerprint density at radius 3 is 3.09 bits per heavy atom. The molecule has 0 fully saturated rings. The normalized spacial score (nSPS) is 9.45. The molecule has 0 amide bonds. The van der Waals surface area contributed by atoms with Crippen LogP contribution in [-0.2, 0) is 4.79 Å². The fraction of sp³-hybridized carbons (Fsp3) is 0.286. The molecule has 3 N–H and O–H groups in total. The lowest BCUT2D eigenvalue weighted by molar-refractivity contribution is -0.136. The fourth-order valence-electron chi connectivity index (χ4n) is 0.744. The number of hydrogen-bond acceptors (Lipinski definition) is 2. The summed E-state index contributed by atoms with van der Waals surface area (Å²) in [4.78, 5) is 13.0. The number of nitrogens with one attached hydrogen (secondary N) is 2. The molecule has 0 radical (unpaired) electrons. The minimum atomic E-state index is -0.788. The van der Waals surface area contributed by atoms with Crippen molar-refractivity contribution in [2.45, 2.75) is 6.42 Å². The Kier molecular flexibility index (Phi) is 2.54. The Balaban J connectivity index is 2.19. The highest BCUT2D eigenvalue weighted by Crippen LogP contribution is 1.99. The van der Waals surface area contributed by atoms with Crippen molar-refractivity contribution in [2.24, 2.45) is 0 Å². The largest absolute Gasteiger partial charge is 0.481 e. The molecule has 0 saturated carbocycles. The van der Waals surface area contributed by atoms with Crippen LogP contribution in [0.3, 0.4) is 0 Å². The molecule has 4 nitrogen and oxygen atoms in total. The van der Waals surface area contributed by atoms with Crippen molar-refractivity contribution in [3.63, 3.8) is 0 Å². The Morgan fingerprint density at radius 1 is 1.73 bits per heavy atom. The predicted octanol–water partition coefficient (Wildman–Crippen LogP) is 0.901. The van der Waals surface area contributed by atoms with Crippen molar-refractivity contribution in [1.82, 2.24) is 4.98 Å². The summed E-state index contributed by atoms with van der Waals surface area (Å²) in [6, 6.07) is 3.70. The molecule has 0 bridgehead atoms. The summed E-state index contributed by atoms with van der Waals surface area (Å²) in [5.41, 5.74) is 0. The molecule has 0 aliphatic rings. The Hall–Kier alpha value is -1.45. The Bertz CT molecular complexity index is 218. The average molecular weight is 154 g/mol. The lowest BCUT2D eigenvalue weighted by atomic mass is 10.4. The van der Waals surface area contributed by atoms with E-state index in [1.54, 1.807) is 6.20 Å². The molecule has 1 heterocycles. The van der Waals surface area contributed by atoms with E-state index in [0.717, 1.165) is 5.82 Å². The van der Waals surface area contributed by atoms with Crippen LogP contribution in [0.4, 0.5) is 5.82 Å². The van der Waals surface area contributed by atoms with Crippen LogP contribution in [0.2, 0.25) is 0 Å². The van der Waals surface area contributed by atoms with E-state index in [0.29, 0.717) is 6.54 Å². The van der Waals surface area contributed by atoms with Gasteiger partial charge in [0, 0.05) is 12.7 Å². The van der Waals surface area contributed by atoms with Crippen LogP contribution < -0.4 is 5.32 Å². The molecule has 1 aromatic heterocycles. The molecule has 60 valence electrons. The van der Waals surface area contributed by atoms with Crippen LogP contribution in [0.25, 0.3) is 0 Å². The van der Waals surface area contributed by atoms with E-state index >= 15 is 0 Å². The van der Waals surface area contributed by atoms with Crippen molar-refractivity contribution < 1.29 is 9.90 Å². The third-order valence-electron chi connectivity index (χ3n) is 1.25. The highest BCUT2D eigenvalue weighted by molar-refractivity contribution is 5.67. The van der Waals surface area contributed by atoms with Gasteiger partial charge in [-0.15, -0.1) is 0 Å². The summed E-state index contributed by atoms with van der Waals surface area (Å²) >= 11 is 0. The van der Waals surface area contributed by atoms with Gasteiger partial charge in [-0.25, -0.2) is 0 Å². The van der Waals surface area contributed by atoms with Crippen LogP contribution in [0.1, 0.15) is 6.42 Å². The molecule has 4 heteroatoms. The zero-order chi connectivity index (χ0) is 8.10. The van der Waals surface area contributed by atoms with Gasteiger partial charge in [-0.05, 0) is 12.1 Å². The van der Waals surface area contributed by atoms with E-state index in [-0.39, 0.29) is 6.42 Å². The van der Waals surface area contributed by atoms with Crippen LogP contribution in [-0.4, -0.2) is 22.6 Å². The van der Waals surface area contributed by atoms with E-state index in [4.69, 9.17) is 5.11 Å². The lowest BCUT2D eigenvalue weighted by Crippen LogP contribution is -2.07. The topological polar surface area (TPSA) is 65.1 Å². The fourth-order valence-corrected chi connectivity index (χ4v) is 0.744. The highest BCUT2D eigenvalue weighted by atomic mass is 16.4. The Morgan fingerprint density at radius 2 is 2.55 bits per heavy atom. The van der Waals surface area contributed by atoms with Gasteiger partial charge in [-0.2, -0.15) is 0 Å². The maximum absolute atomic E-state index is 10.1.